The van der Waals surface area contributed by atoms with Gasteiger partial charge in [-0.05, 0) is 12.3 Å². The molecule has 0 spiro atoms. The predicted octanol–water partition coefficient (Wildman–Crippen LogP) is 4.03. The molecular weight excluding hydrogens is 180 g/mol. The first-order valence-corrected chi connectivity index (χ1v) is 5.95. The standard InChI is InChI=1S/C15H19/c1-3-12-7-5-9-14(12)11-15-10-6-8-13(15)4-2/h5-10,12H,3-4,11H2,1-2H3/q-1. The summed E-state index contributed by atoms with van der Waals surface area (Å²) in [6.45, 7) is 4.50. The topological polar surface area (TPSA) is 0 Å². The highest BCUT2D eigenvalue weighted by Gasteiger charge is 2.11. The first kappa shape index (κ1) is 10.4. The van der Waals surface area contributed by atoms with Crippen molar-refractivity contribution >= 4 is 0 Å². The first-order valence-electron chi connectivity index (χ1n) is 5.95. The Morgan fingerprint density at radius 3 is 2.93 bits per heavy atom. The Morgan fingerprint density at radius 2 is 2.20 bits per heavy atom. The van der Waals surface area contributed by atoms with Gasteiger partial charge in [-0.2, -0.15) is 23.3 Å². The molecule has 0 saturated heterocycles. The van der Waals surface area contributed by atoms with E-state index in [1.165, 1.54) is 17.5 Å². The second kappa shape index (κ2) is 4.57. The van der Waals surface area contributed by atoms with Crippen LogP contribution in [0.15, 0.2) is 42.0 Å². The normalized spacial score (nSPS) is 19.6. The van der Waals surface area contributed by atoms with Crippen LogP contribution in [-0.4, -0.2) is 0 Å². The Hall–Kier alpha value is -1.17. The van der Waals surface area contributed by atoms with Gasteiger partial charge in [0.25, 0.3) is 0 Å². The molecule has 2 rings (SSSR count). The van der Waals surface area contributed by atoms with Crippen molar-refractivity contribution in [2.24, 2.45) is 5.92 Å². The summed E-state index contributed by atoms with van der Waals surface area (Å²) in [6.07, 6.45) is 10.3. The minimum absolute atomic E-state index is 0.685. The van der Waals surface area contributed by atoms with Crippen molar-refractivity contribution in [1.29, 1.82) is 0 Å². The zero-order valence-corrected chi connectivity index (χ0v) is 9.66. The van der Waals surface area contributed by atoms with Crippen molar-refractivity contribution in [3.05, 3.63) is 53.1 Å². The van der Waals surface area contributed by atoms with E-state index in [-0.39, 0.29) is 0 Å². The molecule has 1 unspecified atom stereocenters. The van der Waals surface area contributed by atoms with Crippen LogP contribution in [0.4, 0.5) is 0 Å². The maximum Gasteiger partial charge on any atom is -0.00270 e. The van der Waals surface area contributed by atoms with Gasteiger partial charge in [-0.1, -0.05) is 50.5 Å². The molecule has 0 saturated carbocycles. The lowest BCUT2D eigenvalue weighted by atomic mass is 9.93. The molecule has 0 bridgehead atoms. The highest BCUT2D eigenvalue weighted by Crippen LogP contribution is 2.27. The van der Waals surface area contributed by atoms with Gasteiger partial charge >= 0.3 is 0 Å². The molecule has 0 radical (unpaired) electrons. The molecule has 0 N–H and O–H groups in total. The monoisotopic (exact) mass is 199 g/mol. The Morgan fingerprint density at radius 1 is 1.33 bits per heavy atom. The Kier molecular flexibility index (Phi) is 3.15. The summed E-state index contributed by atoms with van der Waals surface area (Å²) in [5.41, 5.74) is 4.61. The summed E-state index contributed by atoms with van der Waals surface area (Å²) in [4.78, 5) is 0. The molecule has 80 valence electrons. The van der Waals surface area contributed by atoms with E-state index in [9.17, 15) is 0 Å². The number of allylic oxidation sites excluding steroid dienone is 4. The van der Waals surface area contributed by atoms with Crippen molar-refractivity contribution in [2.75, 3.05) is 0 Å². The van der Waals surface area contributed by atoms with Crippen LogP contribution in [0.3, 0.4) is 0 Å². The lowest BCUT2D eigenvalue weighted by molar-refractivity contribution is 0.716. The third-order valence-corrected chi connectivity index (χ3v) is 3.35. The molecule has 0 fully saturated rings. The molecule has 0 heteroatoms. The summed E-state index contributed by atoms with van der Waals surface area (Å²) >= 11 is 0. The van der Waals surface area contributed by atoms with E-state index in [2.05, 4.69) is 50.3 Å². The highest BCUT2D eigenvalue weighted by atomic mass is 14.2. The van der Waals surface area contributed by atoms with Crippen LogP contribution in [0.25, 0.3) is 0 Å². The van der Waals surface area contributed by atoms with E-state index < -0.39 is 0 Å². The fourth-order valence-electron chi connectivity index (χ4n) is 2.38. The van der Waals surface area contributed by atoms with E-state index in [1.807, 2.05) is 0 Å². The van der Waals surface area contributed by atoms with Crippen LogP contribution >= 0.6 is 0 Å². The second-order valence-electron chi connectivity index (χ2n) is 4.25. The van der Waals surface area contributed by atoms with Gasteiger partial charge in [-0.3, -0.25) is 0 Å². The van der Waals surface area contributed by atoms with Crippen LogP contribution < -0.4 is 0 Å². The lowest BCUT2D eigenvalue weighted by Crippen LogP contribution is -2.00. The number of rotatable bonds is 4. The molecule has 0 amide bonds. The summed E-state index contributed by atoms with van der Waals surface area (Å²) in [5, 5.41) is 0. The van der Waals surface area contributed by atoms with Crippen LogP contribution in [-0.2, 0) is 12.8 Å². The third kappa shape index (κ3) is 2.09. The van der Waals surface area contributed by atoms with Crippen molar-refractivity contribution in [1.82, 2.24) is 0 Å². The highest BCUT2D eigenvalue weighted by molar-refractivity contribution is 5.37. The van der Waals surface area contributed by atoms with Crippen molar-refractivity contribution in [3.63, 3.8) is 0 Å². The zero-order chi connectivity index (χ0) is 10.7. The first-order chi connectivity index (χ1) is 7.35. The molecule has 15 heavy (non-hydrogen) atoms. The number of aryl methyl sites for hydroxylation is 1. The third-order valence-electron chi connectivity index (χ3n) is 3.35. The summed E-state index contributed by atoms with van der Waals surface area (Å²) < 4.78 is 0. The van der Waals surface area contributed by atoms with Crippen LogP contribution in [0.1, 0.15) is 31.4 Å². The minimum Gasteiger partial charge on any atom is -0.210 e. The van der Waals surface area contributed by atoms with E-state index in [1.54, 1.807) is 5.57 Å². The van der Waals surface area contributed by atoms with Gasteiger partial charge in [0.1, 0.15) is 0 Å². The largest absolute Gasteiger partial charge is 0.210 e. The zero-order valence-electron chi connectivity index (χ0n) is 9.66. The molecule has 0 aromatic heterocycles. The maximum atomic E-state index is 2.32. The summed E-state index contributed by atoms with van der Waals surface area (Å²) in [5.74, 6) is 0.685. The van der Waals surface area contributed by atoms with Gasteiger partial charge in [-0.15, -0.1) is 0 Å². The maximum absolute atomic E-state index is 2.32. The van der Waals surface area contributed by atoms with Gasteiger partial charge in [0.2, 0.25) is 0 Å². The second-order valence-corrected chi connectivity index (χ2v) is 4.25. The molecular formula is C15H19-. The average Bonchev–Trinajstić information content (AvgIpc) is 2.87. The molecule has 1 aliphatic rings. The van der Waals surface area contributed by atoms with E-state index in [0.717, 1.165) is 12.8 Å². The van der Waals surface area contributed by atoms with Gasteiger partial charge in [-0.25, -0.2) is 6.07 Å². The molecule has 1 aliphatic carbocycles. The van der Waals surface area contributed by atoms with Crippen molar-refractivity contribution < 1.29 is 0 Å². The van der Waals surface area contributed by atoms with E-state index in [0.29, 0.717) is 5.92 Å². The molecule has 0 nitrogen and oxygen atoms in total. The summed E-state index contributed by atoms with van der Waals surface area (Å²) in [6, 6.07) is 6.70. The smallest absolute Gasteiger partial charge is 0.00270 e. The SMILES string of the molecule is CCc1[cH-]ccc1CC1=CC=CC1CC. The van der Waals surface area contributed by atoms with Crippen molar-refractivity contribution in [2.45, 2.75) is 33.1 Å². The molecule has 1 atom stereocenters. The molecule has 0 heterocycles. The van der Waals surface area contributed by atoms with Crippen LogP contribution in [0, 0.1) is 5.92 Å². The quantitative estimate of drug-likeness (QED) is 0.642. The van der Waals surface area contributed by atoms with Gasteiger partial charge in [0, 0.05) is 0 Å². The molecule has 1 aromatic rings. The Labute approximate surface area is 92.7 Å². The van der Waals surface area contributed by atoms with Crippen molar-refractivity contribution in [3.8, 4) is 0 Å². The molecule has 1 aromatic carbocycles. The van der Waals surface area contributed by atoms with Gasteiger partial charge in [0.05, 0.1) is 0 Å². The summed E-state index contributed by atoms with van der Waals surface area (Å²) in [7, 11) is 0. The fraction of sp³-hybridized carbons (Fsp3) is 0.400. The number of hydrogen-bond donors (Lipinski definition) is 0. The minimum atomic E-state index is 0.685. The van der Waals surface area contributed by atoms with Crippen LogP contribution in [0.5, 0.6) is 0 Å². The van der Waals surface area contributed by atoms with E-state index >= 15 is 0 Å². The van der Waals surface area contributed by atoms with Gasteiger partial charge in [0.15, 0.2) is 0 Å². The van der Waals surface area contributed by atoms with Crippen LogP contribution in [0.2, 0.25) is 0 Å². The predicted molar refractivity (Wildman–Crippen MR) is 66.1 cm³/mol. The number of hydrogen-bond acceptors (Lipinski definition) is 0. The van der Waals surface area contributed by atoms with E-state index in [4.69, 9.17) is 0 Å². The lowest BCUT2D eigenvalue weighted by Gasteiger charge is -2.16. The molecule has 0 aliphatic heterocycles. The van der Waals surface area contributed by atoms with Gasteiger partial charge < -0.3 is 0 Å². The fourth-order valence-corrected chi connectivity index (χ4v) is 2.38. The Balaban J connectivity index is 2.10. The Bertz CT molecular complexity index is 376. The average molecular weight is 199 g/mol.